The largest absolute Gasteiger partial charge is 0.417 e. The van der Waals surface area contributed by atoms with Crippen molar-refractivity contribution in [3.8, 4) is 0 Å². The number of nitrogens with one attached hydrogen (secondary N) is 1. The van der Waals surface area contributed by atoms with Crippen molar-refractivity contribution in [1.82, 2.24) is 0 Å². The van der Waals surface area contributed by atoms with E-state index in [0.717, 1.165) is 18.7 Å². The second kappa shape index (κ2) is 7.10. The van der Waals surface area contributed by atoms with Gasteiger partial charge in [0.05, 0.1) is 16.3 Å². The molecule has 1 rings (SSSR count). The molecule has 0 aliphatic rings. The summed E-state index contributed by atoms with van der Waals surface area (Å²) in [6, 6.07) is 4.46. The maximum atomic E-state index is 10.7. The van der Waals surface area contributed by atoms with Gasteiger partial charge in [-0.2, -0.15) is 0 Å². The van der Waals surface area contributed by atoms with Gasteiger partial charge in [0.2, 0.25) is 0 Å². The first-order chi connectivity index (χ1) is 10.0. The average molecular weight is 325 g/mol. The lowest BCUT2D eigenvalue weighted by atomic mass is 10.2. The Balaban J connectivity index is 2.41. The van der Waals surface area contributed by atoms with E-state index in [1.165, 1.54) is 12.1 Å². The van der Waals surface area contributed by atoms with Gasteiger partial charge in [-0.25, -0.2) is 0 Å². The molecule has 0 fully saturated rings. The van der Waals surface area contributed by atoms with Crippen molar-refractivity contribution in [2.45, 2.75) is 45.3 Å². The molecule has 0 aromatic heterocycles. The molecular weight excluding hydrogens is 298 g/mol. The lowest BCUT2D eigenvalue weighted by Gasteiger charge is -2.36. The molecule has 1 aromatic carbocycles. The van der Waals surface area contributed by atoms with Crippen LogP contribution in [0.5, 0.6) is 0 Å². The summed E-state index contributed by atoms with van der Waals surface area (Å²) in [6.45, 7) is 12.5. The van der Waals surface area contributed by atoms with Crippen LogP contribution in [0.2, 0.25) is 18.1 Å². The molecular formula is C15H27N3O3Si. The predicted molar refractivity (Wildman–Crippen MR) is 93.8 cm³/mol. The summed E-state index contributed by atoms with van der Waals surface area (Å²) in [7, 11) is -1.69. The van der Waals surface area contributed by atoms with Gasteiger partial charge in [0.25, 0.3) is 5.69 Å². The summed E-state index contributed by atoms with van der Waals surface area (Å²) in [5, 5.41) is 14.1. The van der Waals surface area contributed by atoms with Crippen molar-refractivity contribution in [2.24, 2.45) is 0 Å². The highest BCUT2D eigenvalue weighted by atomic mass is 28.4. The number of nitrogens with two attached hydrogens (primary N) is 1. The van der Waals surface area contributed by atoms with Crippen LogP contribution in [-0.2, 0) is 4.43 Å². The molecule has 0 unspecified atom stereocenters. The summed E-state index contributed by atoms with van der Waals surface area (Å²) in [4.78, 5) is 10.2. The van der Waals surface area contributed by atoms with Gasteiger partial charge in [0.1, 0.15) is 0 Å². The molecule has 0 spiro atoms. The zero-order chi connectivity index (χ0) is 17.0. The third-order valence-corrected chi connectivity index (χ3v) is 8.69. The van der Waals surface area contributed by atoms with E-state index in [-0.39, 0.29) is 10.7 Å². The van der Waals surface area contributed by atoms with E-state index < -0.39 is 13.2 Å². The van der Waals surface area contributed by atoms with Gasteiger partial charge in [0, 0.05) is 25.3 Å². The summed E-state index contributed by atoms with van der Waals surface area (Å²) in [5.74, 6) is 0. The Kier molecular flexibility index (Phi) is 5.96. The van der Waals surface area contributed by atoms with Gasteiger partial charge in [-0.15, -0.1) is 0 Å². The maximum absolute atomic E-state index is 10.7. The van der Waals surface area contributed by atoms with Crippen molar-refractivity contribution in [2.75, 3.05) is 24.2 Å². The van der Waals surface area contributed by atoms with Crippen LogP contribution in [-0.4, -0.2) is 26.4 Å². The summed E-state index contributed by atoms with van der Waals surface area (Å²) >= 11 is 0. The highest BCUT2D eigenvalue weighted by Gasteiger charge is 2.36. The number of nitro benzene ring substituents is 1. The van der Waals surface area contributed by atoms with Crippen molar-refractivity contribution in [1.29, 1.82) is 0 Å². The van der Waals surface area contributed by atoms with Gasteiger partial charge < -0.3 is 15.5 Å². The molecule has 0 aliphatic heterocycles. The molecule has 0 atom stereocenters. The molecule has 22 heavy (non-hydrogen) atoms. The summed E-state index contributed by atoms with van der Waals surface area (Å²) < 4.78 is 6.09. The zero-order valence-electron chi connectivity index (χ0n) is 14.1. The Morgan fingerprint density at radius 1 is 1.36 bits per heavy atom. The monoisotopic (exact) mass is 325 g/mol. The minimum atomic E-state index is -1.69. The standard InChI is InChI=1S/C15H27N3O3Si/c1-15(2,3)22(4,5)21-10-6-9-17-14-8-7-12(18(19)20)11-13(14)16/h7-8,11,17H,6,9-10,16H2,1-5H3. The van der Waals surface area contributed by atoms with Gasteiger partial charge in [-0.3, -0.25) is 10.1 Å². The van der Waals surface area contributed by atoms with E-state index >= 15 is 0 Å². The maximum Gasteiger partial charge on any atom is 0.271 e. The first-order valence-corrected chi connectivity index (χ1v) is 10.4. The second-order valence-corrected chi connectivity index (χ2v) is 11.7. The van der Waals surface area contributed by atoms with Gasteiger partial charge in [0.15, 0.2) is 8.32 Å². The van der Waals surface area contributed by atoms with Crippen LogP contribution in [0.4, 0.5) is 17.1 Å². The molecule has 1 aromatic rings. The lowest BCUT2D eigenvalue weighted by Crippen LogP contribution is -2.41. The molecule has 124 valence electrons. The van der Waals surface area contributed by atoms with E-state index in [1.54, 1.807) is 6.07 Å². The van der Waals surface area contributed by atoms with Crippen LogP contribution in [0.1, 0.15) is 27.2 Å². The van der Waals surface area contributed by atoms with Crippen LogP contribution in [0.25, 0.3) is 0 Å². The number of benzene rings is 1. The number of non-ortho nitro benzene ring substituents is 1. The Morgan fingerprint density at radius 2 is 2.00 bits per heavy atom. The van der Waals surface area contributed by atoms with E-state index in [9.17, 15) is 10.1 Å². The fourth-order valence-electron chi connectivity index (χ4n) is 1.66. The molecule has 6 nitrogen and oxygen atoms in total. The number of rotatable bonds is 7. The van der Waals surface area contributed by atoms with Crippen molar-refractivity contribution >= 4 is 25.4 Å². The van der Waals surface area contributed by atoms with Gasteiger partial charge in [-0.05, 0) is 30.6 Å². The number of nitrogen functional groups attached to an aromatic ring is 1. The second-order valence-electron chi connectivity index (χ2n) is 6.92. The van der Waals surface area contributed by atoms with Gasteiger partial charge >= 0.3 is 0 Å². The quantitative estimate of drug-likeness (QED) is 0.260. The highest BCUT2D eigenvalue weighted by molar-refractivity contribution is 6.74. The fraction of sp³-hybridized carbons (Fsp3) is 0.600. The zero-order valence-corrected chi connectivity index (χ0v) is 15.1. The highest BCUT2D eigenvalue weighted by Crippen LogP contribution is 2.36. The average Bonchev–Trinajstić information content (AvgIpc) is 2.38. The van der Waals surface area contributed by atoms with E-state index in [1.807, 2.05) is 0 Å². The predicted octanol–water partition coefficient (Wildman–Crippen LogP) is 4.00. The Hall–Kier alpha value is -1.60. The molecule has 0 amide bonds. The normalized spacial score (nSPS) is 12.2. The first-order valence-electron chi connectivity index (χ1n) is 7.46. The molecule has 0 saturated carbocycles. The third-order valence-electron chi connectivity index (χ3n) is 4.15. The SMILES string of the molecule is CC(C)(C)[Si](C)(C)OCCCNc1ccc([N+](=O)[O-])cc1N. The lowest BCUT2D eigenvalue weighted by molar-refractivity contribution is -0.384. The fourth-order valence-corrected chi connectivity index (χ4v) is 2.75. The molecule has 0 bridgehead atoms. The molecule has 0 heterocycles. The third kappa shape index (κ3) is 4.99. The Morgan fingerprint density at radius 3 is 2.50 bits per heavy atom. The Labute approximate surface area is 133 Å². The van der Waals surface area contributed by atoms with Crippen LogP contribution in [0, 0.1) is 10.1 Å². The smallest absolute Gasteiger partial charge is 0.271 e. The summed E-state index contributed by atoms with van der Waals surface area (Å²) in [6.07, 6.45) is 0.864. The number of nitrogens with zero attached hydrogens (tertiary/aromatic N) is 1. The van der Waals surface area contributed by atoms with Crippen LogP contribution in [0.15, 0.2) is 18.2 Å². The summed E-state index contributed by atoms with van der Waals surface area (Å²) in [5.41, 5.74) is 6.92. The molecule has 0 radical (unpaired) electrons. The van der Waals surface area contributed by atoms with E-state index in [4.69, 9.17) is 10.2 Å². The number of hydrogen-bond acceptors (Lipinski definition) is 5. The van der Waals surface area contributed by atoms with Crippen LogP contribution in [0.3, 0.4) is 0 Å². The number of hydrogen-bond donors (Lipinski definition) is 2. The first kappa shape index (κ1) is 18.4. The van der Waals surface area contributed by atoms with Crippen molar-refractivity contribution < 1.29 is 9.35 Å². The van der Waals surface area contributed by atoms with E-state index in [0.29, 0.717) is 12.3 Å². The molecule has 7 heteroatoms. The van der Waals surface area contributed by atoms with Crippen LogP contribution < -0.4 is 11.1 Å². The molecule has 0 aliphatic carbocycles. The van der Waals surface area contributed by atoms with Crippen LogP contribution >= 0.6 is 0 Å². The van der Waals surface area contributed by atoms with Crippen molar-refractivity contribution in [3.05, 3.63) is 28.3 Å². The number of anilines is 2. The minimum absolute atomic E-state index is 0.00399. The minimum Gasteiger partial charge on any atom is -0.417 e. The van der Waals surface area contributed by atoms with E-state index in [2.05, 4.69) is 39.2 Å². The topological polar surface area (TPSA) is 90.4 Å². The molecule has 3 N–H and O–H groups in total. The Bertz CT molecular complexity index is 527. The molecule has 0 saturated heterocycles. The van der Waals surface area contributed by atoms with Crippen molar-refractivity contribution in [3.63, 3.8) is 0 Å². The number of nitro groups is 1. The van der Waals surface area contributed by atoms with Gasteiger partial charge in [-0.1, -0.05) is 20.8 Å².